The lowest BCUT2D eigenvalue weighted by molar-refractivity contribution is 0.617. The standard InChI is InChI=1S/C18H19/c1-3-15-18(4-2,16-11-7-5-8-12-16)17-13-9-6-10-14-17/h3,5-15H,1,4H2,2H3. The second-order valence-corrected chi connectivity index (χ2v) is 4.46. The van der Waals surface area contributed by atoms with E-state index in [0.717, 1.165) is 6.42 Å². The zero-order valence-corrected chi connectivity index (χ0v) is 10.8. The van der Waals surface area contributed by atoms with E-state index in [1.807, 2.05) is 6.08 Å². The summed E-state index contributed by atoms with van der Waals surface area (Å²) in [5.41, 5.74) is 2.57. The number of hydrogen-bond acceptors (Lipinski definition) is 0. The molecule has 1 radical (unpaired) electrons. The second-order valence-electron chi connectivity index (χ2n) is 4.46. The molecule has 91 valence electrons. The van der Waals surface area contributed by atoms with Crippen molar-refractivity contribution in [2.45, 2.75) is 18.8 Å². The molecule has 0 heteroatoms. The minimum atomic E-state index is -0.0652. The van der Waals surface area contributed by atoms with Crippen LogP contribution < -0.4 is 0 Å². The molecule has 0 heterocycles. The molecule has 0 spiro atoms. The molecule has 0 bridgehead atoms. The number of rotatable bonds is 4. The van der Waals surface area contributed by atoms with Crippen LogP contribution in [0.4, 0.5) is 0 Å². The van der Waals surface area contributed by atoms with Gasteiger partial charge >= 0.3 is 0 Å². The Kier molecular flexibility index (Phi) is 3.99. The van der Waals surface area contributed by atoms with Gasteiger partial charge in [-0.3, -0.25) is 0 Å². The molecule has 18 heavy (non-hydrogen) atoms. The largest absolute Gasteiger partial charge is 0.0870 e. The molecule has 0 atom stereocenters. The predicted molar refractivity (Wildman–Crippen MR) is 78.5 cm³/mol. The number of allylic oxidation sites excluding steroid dienone is 2. The predicted octanol–water partition coefficient (Wildman–Crippen LogP) is 4.77. The summed E-state index contributed by atoms with van der Waals surface area (Å²) in [6, 6.07) is 21.3. The van der Waals surface area contributed by atoms with E-state index < -0.39 is 0 Å². The molecule has 0 aliphatic rings. The van der Waals surface area contributed by atoms with Crippen LogP contribution >= 0.6 is 0 Å². The first-order valence-corrected chi connectivity index (χ1v) is 6.41. The highest BCUT2D eigenvalue weighted by Crippen LogP contribution is 2.36. The highest BCUT2D eigenvalue weighted by atomic mass is 14.3. The van der Waals surface area contributed by atoms with Gasteiger partial charge in [0.15, 0.2) is 0 Å². The van der Waals surface area contributed by atoms with Gasteiger partial charge in [-0.2, -0.15) is 0 Å². The smallest absolute Gasteiger partial charge is 0.0379 e. The van der Waals surface area contributed by atoms with Crippen molar-refractivity contribution >= 4 is 0 Å². The molecule has 0 saturated carbocycles. The van der Waals surface area contributed by atoms with Crippen molar-refractivity contribution in [1.82, 2.24) is 0 Å². The van der Waals surface area contributed by atoms with Crippen LogP contribution in [0.5, 0.6) is 0 Å². The quantitative estimate of drug-likeness (QED) is 0.716. The van der Waals surface area contributed by atoms with Crippen LogP contribution in [-0.2, 0) is 5.41 Å². The maximum atomic E-state index is 3.89. The molecule has 0 nitrogen and oxygen atoms in total. The molecule has 0 aliphatic heterocycles. The zero-order chi connectivity index (χ0) is 12.8. The van der Waals surface area contributed by atoms with Gasteiger partial charge in [-0.25, -0.2) is 0 Å². The maximum Gasteiger partial charge on any atom is 0.0379 e. The fourth-order valence-electron chi connectivity index (χ4n) is 2.56. The molecule has 2 rings (SSSR count). The van der Waals surface area contributed by atoms with E-state index in [9.17, 15) is 0 Å². The summed E-state index contributed by atoms with van der Waals surface area (Å²) < 4.78 is 0. The lowest BCUT2D eigenvalue weighted by Crippen LogP contribution is -2.24. The summed E-state index contributed by atoms with van der Waals surface area (Å²) in [4.78, 5) is 0. The Bertz CT molecular complexity index is 455. The van der Waals surface area contributed by atoms with Gasteiger partial charge in [0, 0.05) is 5.41 Å². The van der Waals surface area contributed by atoms with Crippen LogP contribution in [0.2, 0.25) is 0 Å². The van der Waals surface area contributed by atoms with Gasteiger partial charge in [-0.1, -0.05) is 79.7 Å². The van der Waals surface area contributed by atoms with Gasteiger partial charge in [0.25, 0.3) is 0 Å². The lowest BCUT2D eigenvalue weighted by atomic mass is 9.72. The fourth-order valence-corrected chi connectivity index (χ4v) is 2.56. The van der Waals surface area contributed by atoms with Gasteiger partial charge in [0.05, 0.1) is 0 Å². The Balaban J connectivity index is 2.61. The molecule has 2 aromatic rings. The summed E-state index contributed by atoms with van der Waals surface area (Å²) in [6.45, 7) is 6.11. The molecule has 0 fully saturated rings. The average molecular weight is 235 g/mol. The first-order chi connectivity index (χ1) is 8.83. The van der Waals surface area contributed by atoms with E-state index in [1.165, 1.54) is 11.1 Å². The third kappa shape index (κ3) is 2.24. The van der Waals surface area contributed by atoms with Crippen LogP contribution in [0, 0.1) is 6.92 Å². The van der Waals surface area contributed by atoms with Gasteiger partial charge in [0.1, 0.15) is 0 Å². The zero-order valence-electron chi connectivity index (χ0n) is 10.8. The van der Waals surface area contributed by atoms with Crippen molar-refractivity contribution < 1.29 is 0 Å². The summed E-state index contributed by atoms with van der Waals surface area (Å²) in [5, 5.41) is 0. The van der Waals surface area contributed by atoms with Crippen molar-refractivity contribution in [3.05, 3.63) is 90.9 Å². The van der Waals surface area contributed by atoms with Crippen LogP contribution in [0.25, 0.3) is 0 Å². The van der Waals surface area contributed by atoms with Crippen LogP contribution in [0.3, 0.4) is 0 Å². The summed E-state index contributed by atoms with van der Waals surface area (Å²) >= 11 is 0. The van der Waals surface area contributed by atoms with E-state index in [4.69, 9.17) is 0 Å². The second kappa shape index (κ2) is 5.68. The van der Waals surface area contributed by atoms with E-state index in [0.29, 0.717) is 0 Å². The summed E-state index contributed by atoms with van der Waals surface area (Å²) in [5.74, 6) is 0. The SMILES string of the molecule is [CH2]C=CC(CC)(c1ccccc1)c1ccccc1. The minimum absolute atomic E-state index is 0.0652. The molecule has 0 aliphatic carbocycles. The van der Waals surface area contributed by atoms with Gasteiger partial charge < -0.3 is 0 Å². The van der Waals surface area contributed by atoms with Gasteiger partial charge in [-0.15, -0.1) is 0 Å². The highest BCUT2D eigenvalue weighted by molar-refractivity contribution is 5.44. The third-order valence-corrected chi connectivity index (χ3v) is 3.54. The molecular formula is C18H19. The Labute approximate surface area is 110 Å². The molecule has 0 unspecified atom stereocenters. The Morgan fingerprint density at radius 3 is 1.67 bits per heavy atom. The van der Waals surface area contributed by atoms with E-state index in [1.54, 1.807) is 0 Å². The molecule has 2 aromatic carbocycles. The number of hydrogen-bond donors (Lipinski definition) is 0. The first-order valence-electron chi connectivity index (χ1n) is 6.41. The molecule has 0 aromatic heterocycles. The Hall–Kier alpha value is -1.82. The van der Waals surface area contributed by atoms with Crippen molar-refractivity contribution in [2.24, 2.45) is 0 Å². The average Bonchev–Trinajstić information content (AvgIpc) is 2.47. The maximum absolute atomic E-state index is 3.89. The molecule has 0 N–H and O–H groups in total. The summed E-state index contributed by atoms with van der Waals surface area (Å²) in [7, 11) is 0. The first kappa shape index (κ1) is 12.6. The summed E-state index contributed by atoms with van der Waals surface area (Å²) in [6.07, 6.45) is 5.13. The van der Waals surface area contributed by atoms with E-state index in [-0.39, 0.29) is 5.41 Å². The highest BCUT2D eigenvalue weighted by Gasteiger charge is 2.28. The van der Waals surface area contributed by atoms with Crippen molar-refractivity contribution in [3.63, 3.8) is 0 Å². The molecule has 0 amide bonds. The monoisotopic (exact) mass is 235 g/mol. The van der Waals surface area contributed by atoms with Crippen LogP contribution in [0.1, 0.15) is 24.5 Å². The van der Waals surface area contributed by atoms with Crippen LogP contribution in [0.15, 0.2) is 72.8 Å². The van der Waals surface area contributed by atoms with Crippen molar-refractivity contribution in [3.8, 4) is 0 Å². The minimum Gasteiger partial charge on any atom is -0.0870 e. The van der Waals surface area contributed by atoms with Crippen molar-refractivity contribution in [2.75, 3.05) is 0 Å². The normalized spacial score (nSPS) is 11.9. The van der Waals surface area contributed by atoms with E-state index in [2.05, 4.69) is 80.6 Å². The molecular weight excluding hydrogens is 216 g/mol. The van der Waals surface area contributed by atoms with Crippen molar-refractivity contribution in [1.29, 1.82) is 0 Å². The fraction of sp³-hybridized carbons (Fsp3) is 0.167. The van der Waals surface area contributed by atoms with Crippen LogP contribution in [-0.4, -0.2) is 0 Å². The number of benzene rings is 2. The Morgan fingerprint density at radius 2 is 1.33 bits per heavy atom. The lowest BCUT2D eigenvalue weighted by Gasteiger charge is -2.31. The van der Waals surface area contributed by atoms with E-state index >= 15 is 0 Å². The van der Waals surface area contributed by atoms with Gasteiger partial charge in [-0.05, 0) is 24.5 Å². The Morgan fingerprint density at radius 1 is 0.889 bits per heavy atom. The third-order valence-electron chi connectivity index (χ3n) is 3.54. The van der Waals surface area contributed by atoms with Gasteiger partial charge in [0.2, 0.25) is 0 Å². The topological polar surface area (TPSA) is 0 Å². The molecule has 0 saturated heterocycles.